The molecule has 0 nitrogen and oxygen atoms in total. The molecule has 1 aromatic rings. The lowest BCUT2D eigenvalue weighted by atomic mass is 9.76. The van der Waals surface area contributed by atoms with Crippen LogP contribution >= 0.6 is 23.2 Å². The Kier molecular flexibility index (Phi) is 5.82. The molecule has 0 saturated heterocycles. The van der Waals surface area contributed by atoms with E-state index >= 15 is 0 Å². The van der Waals surface area contributed by atoms with Gasteiger partial charge in [-0.3, -0.25) is 0 Å². The van der Waals surface area contributed by atoms with E-state index in [4.69, 9.17) is 23.2 Å². The van der Waals surface area contributed by atoms with Crippen molar-refractivity contribution in [3.8, 4) is 0 Å². The first-order valence-corrected chi connectivity index (χ1v) is 7.34. The summed E-state index contributed by atoms with van der Waals surface area (Å²) in [5.74, 6) is 1.82. The second-order valence-corrected chi connectivity index (χ2v) is 5.67. The lowest BCUT2D eigenvalue weighted by Gasteiger charge is -2.33. The fourth-order valence-corrected chi connectivity index (χ4v) is 2.95. The van der Waals surface area contributed by atoms with Crippen LogP contribution in [0.2, 0.25) is 0 Å². The number of halogens is 2. The van der Waals surface area contributed by atoms with Crippen LogP contribution in [0.1, 0.15) is 37.8 Å². The topological polar surface area (TPSA) is 0 Å². The zero-order valence-corrected chi connectivity index (χ0v) is 12.5. The SMILES string of the molecule is CCC(C)CC(CCl)(CCl)c1ccc(C)cc1. The van der Waals surface area contributed by atoms with Crippen molar-refractivity contribution in [1.29, 1.82) is 0 Å². The van der Waals surface area contributed by atoms with Gasteiger partial charge in [0, 0.05) is 17.2 Å². The van der Waals surface area contributed by atoms with Gasteiger partial charge in [-0.1, -0.05) is 50.1 Å². The van der Waals surface area contributed by atoms with E-state index in [-0.39, 0.29) is 5.41 Å². The predicted molar refractivity (Wildman–Crippen MR) is 78.4 cm³/mol. The van der Waals surface area contributed by atoms with E-state index in [9.17, 15) is 0 Å². The van der Waals surface area contributed by atoms with Crippen LogP contribution in [0.15, 0.2) is 24.3 Å². The molecule has 17 heavy (non-hydrogen) atoms. The highest BCUT2D eigenvalue weighted by Crippen LogP contribution is 2.35. The molecule has 0 spiro atoms. The van der Waals surface area contributed by atoms with Gasteiger partial charge < -0.3 is 0 Å². The average molecular weight is 273 g/mol. The van der Waals surface area contributed by atoms with Gasteiger partial charge in [0.05, 0.1) is 0 Å². The third-order valence-electron chi connectivity index (χ3n) is 3.61. The Bertz CT molecular complexity index is 325. The first-order valence-electron chi connectivity index (χ1n) is 6.27. The highest BCUT2D eigenvalue weighted by atomic mass is 35.5. The summed E-state index contributed by atoms with van der Waals surface area (Å²) >= 11 is 12.4. The van der Waals surface area contributed by atoms with Crippen LogP contribution in [-0.4, -0.2) is 11.8 Å². The van der Waals surface area contributed by atoms with Crippen LogP contribution < -0.4 is 0 Å². The van der Waals surface area contributed by atoms with Gasteiger partial charge in [0.1, 0.15) is 0 Å². The van der Waals surface area contributed by atoms with E-state index in [1.54, 1.807) is 0 Å². The van der Waals surface area contributed by atoms with Crippen molar-refractivity contribution < 1.29 is 0 Å². The summed E-state index contributed by atoms with van der Waals surface area (Å²) in [4.78, 5) is 0. The smallest absolute Gasteiger partial charge is 0.0332 e. The van der Waals surface area contributed by atoms with Gasteiger partial charge in [0.15, 0.2) is 0 Å². The van der Waals surface area contributed by atoms with Gasteiger partial charge >= 0.3 is 0 Å². The Morgan fingerprint density at radius 2 is 1.65 bits per heavy atom. The minimum atomic E-state index is -0.0771. The van der Waals surface area contributed by atoms with E-state index in [0.29, 0.717) is 17.7 Å². The highest BCUT2D eigenvalue weighted by Gasteiger charge is 2.31. The molecule has 0 saturated carbocycles. The normalized spacial score (nSPS) is 13.7. The van der Waals surface area contributed by atoms with E-state index in [0.717, 1.165) is 6.42 Å². The van der Waals surface area contributed by atoms with Crippen LogP contribution in [0, 0.1) is 12.8 Å². The quantitative estimate of drug-likeness (QED) is 0.629. The van der Waals surface area contributed by atoms with Crippen molar-refractivity contribution in [2.45, 2.75) is 39.0 Å². The van der Waals surface area contributed by atoms with Crippen LogP contribution in [-0.2, 0) is 5.41 Å². The molecule has 0 aliphatic heterocycles. The summed E-state index contributed by atoms with van der Waals surface area (Å²) in [5, 5.41) is 0. The monoisotopic (exact) mass is 272 g/mol. The molecule has 1 aromatic carbocycles. The van der Waals surface area contributed by atoms with Gasteiger partial charge in [-0.05, 0) is 24.8 Å². The zero-order valence-electron chi connectivity index (χ0n) is 11.0. The first-order chi connectivity index (χ1) is 8.07. The summed E-state index contributed by atoms with van der Waals surface area (Å²) in [5.41, 5.74) is 2.47. The molecule has 0 amide bonds. The van der Waals surface area contributed by atoms with Gasteiger partial charge in [-0.2, -0.15) is 0 Å². The summed E-state index contributed by atoms with van der Waals surface area (Å²) in [7, 11) is 0. The molecular formula is C15H22Cl2. The third-order valence-corrected chi connectivity index (χ3v) is 4.63. The fourth-order valence-electron chi connectivity index (χ4n) is 2.14. The molecule has 0 radical (unpaired) electrons. The number of hydrogen-bond acceptors (Lipinski definition) is 0. The van der Waals surface area contributed by atoms with E-state index < -0.39 is 0 Å². The molecule has 0 N–H and O–H groups in total. The minimum absolute atomic E-state index is 0.0771. The van der Waals surface area contributed by atoms with Crippen molar-refractivity contribution in [3.05, 3.63) is 35.4 Å². The molecule has 0 aromatic heterocycles. The standard InChI is InChI=1S/C15H22Cl2/c1-4-12(2)9-15(10-16,11-17)14-7-5-13(3)6-8-14/h5-8,12H,4,9-11H2,1-3H3. The second kappa shape index (κ2) is 6.66. The molecule has 0 aliphatic carbocycles. The maximum atomic E-state index is 6.22. The maximum absolute atomic E-state index is 6.22. The Morgan fingerprint density at radius 1 is 1.12 bits per heavy atom. The second-order valence-electron chi connectivity index (χ2n) is 5.13. The Labute approximate surface area is 115 Å². The van der Waals surface area contributed by atoms with Gasteiger partial charge in [0.2, 0.25) is 0 Å². The summed E-state index contributed by atoms with van der Waals surface area (Å²) in [6, 6.07) is 8.62. The summed E-state index contributed by atoms with van der Waals surface area (Å²) in [6.45, 7) is 6.58. The zero-order chi connectivity index (χ0) is 12.9. The highest BCUT2D eigenvalue weighted by molar-refractivity contribution is 6.22. The van der Waals surface area contributed by atoms with Crippen LogP contribution in [0.4, 0.5) is 0 Å². The van der Waals surface area contributed by atoms with Crippen molar-refractivity contribution in [1.82, 2.24) is 0 Å². The molecule has 0 bridgehead atoms. The van der Waals surface area contributed by atoms with E-state index in [2.05, 4.69) is 45.0 Å². The lowest BCUT2D eigenvalue weighted by molar-refractivity contribution is 0.380. The van der Waals surface area contributed by atoms with Crippen LogP contribution in [0.3, 0.4) is 0 Å². The van der Waals surface area contributed by atoms with Crippen molar-refractivity contribution in [3.63, 3.8) is 0 Å². The Morgan fingerprint density at radius 3 is 2.06 bits per heavy atom. The molecule has 0 heterocycles. The lowest BCUT2D eigenvalue weighted by Crippen LogP contribution is -2.32. The molecule has 0 fully saturated rings. The minimum Gasteiger partial charge on any atom is -0.126 e. The molecule has 1 atom stereocenters. The average Bonchev–Trinajstić information content (AvgIpc) is 2.37. The number of hydrogen-bond donors (Lipinski definition) is 0. The molecule has 1 rings (SSSR count). The van der Waals surface area contributed by atoms with Crippen molar-refractivity contribution in [2.75, 3.05) is 11.8 Å². The Balaban J connectivity index is 3.01. The molecule has 0 aliphatic rings. The van der Waals surface area contributed by atoms with Crippen molar-refractivity contribution >= 4 is 23.2 Å². The number of benzene rings is 1. The third kappa shape index (κ3) is 3.63. The van der Waals surface area contributed by atoms with Gasteiger partial charge in [0.25, 0.3) is 0 Å². The number of rotatable bonds is 6. The summed E-state index contributed by atoms with van der Waals surface area (Å²) < 4.78 is 0. The fraction of sp³-hybridized carbons (Fsp3) is 0.600. The number of alkyl halides is 2. The summed E-state index contributed by atoms with van der Waals surface area (Å²) in [6.07, 6.45) is 2.22. The van der Waals surface area contributed by atoms with E-state index in [1.807, 2.05) is 0 Å². The molecule has 1 unspecified atom stereocenters. The molecule has 96 valence electrons. The molecular weight excluding hydrogens is 251 g/mol. The maximum Gasteiger partial charge on any atom is 0.0332 e. The van der Waals surface area contributed by atoms with E-state index in [1.165, 1.54) is 17.5 Å². The predicted octanol–water partition coefficient (Wildman–Crippen LogP) is 5.15. The van der Waals surface area contributed by atoms with Gasteiger partial charge in [-0.25, -0.2) is 0 Å². The van der Waals surface area contributed by atoms with Crippen LogP contribution in [0.25, 0.3) is 0 Å². The number of aryl methyl sites for hydroxylation is 1. The largest absolute Gasteiger partial charge is 0.126 e. The van der Waals surface area contributed by atoms with Crippen molar-refractivity contribution in [2.24, 2.45) is 5.92 Å². The Hall–Kier alpha value is -0.200. The van der Waals surface area contributed by atoms with Gasteiger partial charge in [-0.15, -0.1) is 23.2 Å². The molecule has 2 heteroatoms. The van der Waals surface area contributed by atoms with Crippen LogP contribution in [0.5, 0.6) is 0 Å². The first kappa shape index (κ1) is 14.9.